The first-order chi connectivity index (χ1) is 12.6. The molecule has 1 heterocycles. The first kappa shape index (κ1) is 17.6. The van der Waals surface area contributed by atoms with Crippen molar-refractivity contribution >= 4 is 29.2 Å². The fraction of sp³-hybridized carbons (Fsp3) is 0.111. The van der Waals surface area contributed by atoms with Crippen molar-refractivity contribution < 1.29 is 18.8 Å². The minimum atomic E-state index is -0.481. The molecule has 7 nitrogen and oxygen atoms in total. The van der Waals surface area contributed by atoms with Crippen LogP contribution in [0.25, 0.3) is 11.1 Å². The van der Waals surface area contributed by atoms with Gasteiger partial charge in [0.25, 0.3) is 0 Å². The molecule has 26 heavy (non-hydrogen) atoms. The molecule has 1 aromatic heterocycles. The van der Waals surface area contributed by atoms with Gasteiger partial charge < -0.3 is 19.3 Å². The van der Waals surface area contributed by atoms with Crippen molar-refractivity contribution in [2.45, 2.75) is 0 Å². The van der Waals surface area contributed by atoms with Crippen LogP contribution < -0.4 is 20.1 Å². The molecule has 0 saturated heterocycles. The van der Waals surface area contributed by atoms with Gasteiger partial charge in [-0.3, -0.25) is 5.32 Å². The van der Waals surface area contributed by atoms with Crippen LogP contribution in [0.5, 0.6) is 11.5 Å². The van der Waals surface area contributed by atoms with Crippen LogP contribution in [-0.4, -0.2) is 25.4 Å². The van der Waals surface area contributed by atoms with Gasteiger partial charge in [-0.15, -0.1) is 0 Å². The summed E-state index contributed by atoms with van der Waals surface area (Å²) < 4.78 is 15.7. The summed E-state index contributed by atoms with van der Waals surface area (Å²) in [6.45, 7) is 0. The number of ether oxygens (including phenoxy) is 2. The normalized spacial score (nSPS) is 10.3. The van der Waals surface area contributed by atoms with E-state index in [1.165, 1.54) is 6.20 Å². The summed E-state index contributed by atoms with van der Waals surface area (Å²) in [7, 11) is 3.11. The number of urea groups is 1. The monoisotopic (exact) mass is 373 g/mol. The highest BCUT2D eigenvalue weighted by Gasteiger charge is 2.15. The van der Waals surface area contributed by atoms with Crippen LogP contribution in [0.4, 0.5) is 16.4 Å². The van der Waals surface area contributed by atoms with Gasteiger partial charge in [-0.2, -0.15) is 0 Å². The number of methoxy groups -OCH3 is 2. The smallest absolute Gasteiger partial charge is 0.326 e. The van der Waals surface area contributed by atoms with Crippen LogP contribution in [-0.2, 0) is 0 Å². The second kappa shape index (κ2) is 7.79. The van der Waals surface area contributed by atoms with E-state index in [2.05, 4.69) is 15.8 Å². The zero-order valence-corrected chi connectivity index (χ0v) is 14.8. The quantitative estimate of drug-likeness (QED) is 0.679. The zero-order chi connectivity index (χ0) is 18.5. The van der Waals surface area contributed by atoms with Crippen LogP contribution in [0.2, 0.25) is 5.02 Å². The largest absolute Gasteiger partial charge is 0.493 e. The fourth-order valence-corrected chi connectivity index (χ4v) is 2.56. The number of anilines is 2. The highest BCUT2D eigenvalue weighted by molar-refractivity contribution is 6.30. The summed E-state index contributed by atoms with van der Waals surface area (Å²) in [6.07, 6.45) is 1.51. The number of rotatable bonds is 5. The molecule has 0 atom stereocenters. The SMILES string of the molecule is COc1ccc(-c2cnoc2NC(=O)Nc2cccc(Cl)c2)cc1OC. The number of hydrogen-bond acceptors (Lipinski definition) is 5. The Labute approximate surface area is 154 Å². The number of nitrogens with zero attached hydrogens (tertiary/aromatic N) is 1. The van der Waals surface area contributed by atoms with Gasteiger partial charge in [0, 0.05) is 10.7 Å². The van der Waals surface area contributed by atoms with E-state index in [4.69, 9.17) is 25.6 Å². The van der Waals surface area contributed by atoms with Crippen molar-refractivity contribution in [2.24, 2.45) is 0 Å². The van der Waals surface area contributed by atoms with Crippen molar-refractivity contribution in [3.63, 3.8) is 0 Å². The number of benzene rings is 2. The van der Waals surface area contributed by atoms with E-state index in [1.807, 2.05) is 6.07 Å². The molecule has 0 spiro atoms. The Balaban J connectivity index is 1.79. The molecule has 0 aliphatic rings. The molecule has 3 aromatic rings. The maximum atomic E-state index is 12.2. The third-order valence-corrected chi connectivity index (χ3v) is 3.81. The summed E-state index contributed by atoms with van der Waals surface area (Å²) in [6, 6.07) is 11.7. The van der Waals surface area contributed by atoms with Gasteiger partial charge in [-0.05, 0) is 35.9 Å². The van der Waals surface area contributed by atoms with Gasteiger partial charge in [0.05, 0.1) is 26.0 Å². The summed E-state index contributed by atoms with van der Waals surface area (Å²) >= 11 is 5.91. The van der Waals surface area contributed by atoms with E-state index < -0.39 is 6.03 Å². The highest BCUT2D eigenvalue weighted by atomic mass is 35.5. The van der Waals surface area contributed by atoms with Gasteiger partial charge in [0.15, 0.2) is 11.5 Å². The third-order valence-electron chi connectivity index (χ3n) is 3.57. The second-order valence-corrected chi connectivity index (χ2v) is 5.66. The average Bonchev–Trinajstić information content (AvgIpc) is 3.09. The number of nitrogens with one attached hydrogen (secondary N) is 2. The van der Waals surface area contributed by atoms with E-state index in [-0.39, 0.29) is 5.88 Å². The van der Waals surface area contributed by atoms with Crippen molar-refractivity contribution in [1.29, 1.82) is 0 Å². The highest BCUT2D eigenvalue weighted by Crippen LogP contribution is 2.35. The molecule has 0 bridgehead atoms. The van der Waals surface area contributed by atoms with Gasteiger partial charge in [-0.25, -0.2) is 4.79 Å². The molecule has 2 amide bonds. The Hall–Kier alpha value is -3.19. The first-order valence-electron chi connectivity index (χ1n) is 7.61. The number of halogens is 1. The Kier molecular flexibility index (Phi) is 5.28. The molecular weight excluding hydrogens is 358 g/mol. The van der Waals surface area contributed by atoms with E-state index in [0.717, 1.165) is 5.56 Å². The lowest BCUT2D eigenvalue weighted by Crippen LogP contribution is -2.19. The third kappa shape index (κ3) is 3.89. The van der Waals surface area contributed by atoms with Gasteiger partial charge >= 0.3 is 6.03 Å². The van der Waals surface area contributed by atoms with Crippen molar-refractivity contribution in [3.05, 3.63) is 53.7 Å². The molecule has 3 rings (SSSR count). The summed E-state index contributed by atoms with van der Waals surface area (Å²) in [5.41, 5.74) is 1.91. The van der Waals surface area contributed by atoms with E-state index in [1.54, 1.807) is 50.6 Å². The van der Waals surface area contributed by atoms with Crippen molar-refractivity contribution in [2.75, 3.05) is 24.9 Å². The molecule has 8 heteroatoms. The minimum Gasteiger partial charge on any atom is -0.493 e. The summed E-state index contributed by atoms with van der Waals surface area (Å²) in [5.74, 6) is 1.36. The minimum absolute atomic E-state index is 0.205. The van der Waals surface area contributed by atoms with Crippen molar-refractivity contribution in [1.82, 2.24) is 5.16 Å². The zero-order valence-electron chi connectivity index (χ0n) is 14.1. The first-order valence-corrected chi connectivity index (χ1v) is 7.99. The van der Waals surface area contributed by atoms with E-state index in [0.29, 0.717) is 27.8 Å². The Morgan fingerprint density at radius 1 is 1.08 bits per heavy atom. The van der Waals surface area contributed by atoms with Gasteiger partial charge in [0.1, 0.15) is 0 Å². The standard InChI is InChI=1S/C18H16ClN3O4/c1-24-15-7-6-11(8-16(15)25-2)14-10-20-26-17(14)22-18(23)21-13-5-3-4-12(19)9-13/h3-10H,1-2H3,(H2,21,22,23). The van der Waals surface area contributed by atoms with Crippen LogP contribution >= 0.6 is 11.6 Å². The Bertz CT molecular complexity index is 926. The number of carbonyl (C=O) groups excluding carboxylic acids is 1. The molecule has 134 valence electrons. The van der Waals surface area contributed by atoms with Crippen LogP contribution in [0, 0.1) is 0 Å². The average molecular weight is 374 g/mol. The molecule has 0 saturated carbocycles. The van der Waals surface area contributed by atoms with Gasteiger partial charge in [-0.1, -0.05) is 28.9 Å². The lowest BCUT2D eigenvalue weighted by atomic mass is 10.1. The molecule has 0 radical (unpaired) electrons. The Morgan fingerprint density at radius 2 is 1.88 bits per heavy atom. The number of aromatic nitrogens is 1. The molecule has 0 aliphatic carbocycles. The predicted molar refractivity (Wildman–Crippen MR) is 99.1 cm³/mol. The summed E-state index contributed by atoms with van der Waals surface area (Å²) in [4.78, 5) is 12.2. The van der Waals surface area contributed by atoms with Crippen LogP contribution in [0.3, 0.4) is 0 Å². The lowest BCUT2D eigenvalue weighted by Gasteiger charge is -2.10. The maximum Gasteiger partial charge on any atom is 0.326 e. The van der Waals surface area contributed by atoms with Crippen molar-refractivity contribution in [3.8, 4) is 22.6 Å². The Morgan fingerprint density at radius 3 is 2.62 bits per heavy atom. The van der Waals surface area contributed by atoms with E-state index >= 15 is 0 Å². The number of hydrogen-bond donors (Lipinski definition) is 2. The predicted octanol–water partition coefficient (Wildman–Crippen LogP) is 4.66. The topological polar surface area (TPSA) is 85.6 Å². The summed E-state index contributed by atoms with van der Waals surface area (Å²) in [5, 5.41) is 9.58. The molecule has 0 fully saturated rings. The number of amides is 2. The van der Waals surface area contributed by atoms with Crippen LogP contribution in [0.1, 0.15) is 0 Å². The van der Waals surface area contributed by atoms with E-state index in [9.17, 15) is 4.79 Å². The fourth-order valence-electron chi connectivity index (χ4n) is 2.37. The molecule has 0 aliphatic heterocycles. The molecule has 0 unspecified atom stereocenters. The van der Waals surface area contributed by atoms with Gasteiger partial charge in [0.2, 0.25) is 5.88 Å². The van der Waals surface area contributed by atoms with Crippen LogP contribution in [0.15, 0.2) is 53.2 Å². The maximum absolute atomic E-state index is 12.2. The lowest BCUT2D eigenvalue weighted by molar-refractivity contribution is 0.261. The molecular formula is C18H16ClN3O4. The second-order valence-electron chi connectivity index (χ2n) is 5.23. The molecule has 2 aromatic carbocycles. The number of carbonyl (C=O) groups is 1. The molecule has 2 N–H and O–H groups in total.